The molecule has 6 nitrogen and oxygen atoms in total. The van der Waals surface area contributed by atoms with Crippen molar-refractivity contribution >= 4 is 50.7 Å². The van der Waals surface area contributed by atoms with E-state index >= 15 is 0 Å². The molecular formula is C25H17F3N4O2S. The molecule has 2 aromatic heterocycles. The van der Waals surface area contributed by atoms with Crippen LogP contribution >= 0.6 is 11.3 Å². The number of hydrogen-bond donors (Lipinski definition) is 3. The Morgan fingerprint density at radius 2 is 1.71 bits per heavy atom. The first kappa shape index (κ1) is 22.6. The van der Waals surface area contributed by atoms with Gasteiger partial charge in [0.1, 0.15) is 0 Å². The summed E-state index contributed by atoms with van der Waals surface area (Å²) in [5, 5.41) is 9.35. The van der Waals surface area contributed by atoms with Gasteiger partial charge in [-0.15, -0.1) is 11.3 Å². The number of carbonyl (C=O) groups is 2. The van der Waals surface area contributed by atoms with Gasteiger partial charge in [-0.3, -0.25) is 14.6 Å². The molecule has 10 heteroatoms. The topological polar surface area (TPSA) is 83.1 Å². The lowest BCUT2D eigenvalue weighted by Gasteiger charge is -2.11. The molecule has 35 heavy (non-hydrogen) atoms. The molecular weight excluding hydrogens is 477 g/mol. The smallest absolute Gasteiger partial charge is 0.385 e. The number of alkyl halides is 3. The number of thiophene rings is 1. The van der Waals surface area contributed by atoms with Crippen molar-refractivity contribution in [3.8, 4) is 0 Å². The fourth-order valence-electron chi connectivity index (χ4n) is 3.69. The third-order valence-corrected chi connectivity index (χ3v) is 6.55. The summed E-state index contributed by atoms with van der Waals surface area (Å²) in [5.41, 5.74) is 1.64. The fourth-order valence-corrected chi connectivity index (χ4v) is 4.76. The molecule has 0 unspecified atom stereocenters. The van der Waals surface area contributed by atoms with Gasteiger partial charge in [0.25, 0.3) is 11.8 Å². The predicted octanol–water partition coefficient (Wildman–Crippen LogP) is 5.89. The zero-order chi connectivity index (χ0) is 24.6. The molecule has 5 rings (SSSR count). The van der Waals surface area contributed by atoms with Gasteiger partial charge in [0.2, 0.25) is 0 Å². The summed E-state index contributed by atoms with van der Waals surface area (Å²) in [6.07, 6.45) is 0.979. The Morgan fingerprint density at radius 1 is 0.971 bits per heavy atom. The second kappa shape index (κ2) is 8.88. The number of aromatic nitrogens is 1. The number of amides is 2. The van der Waals surface area contributed by atoms with E-state index < -0.39 is 17.6 Å². The summed E-state index contributed by atoms with van der Waals surface area (Å²) in [7, 11) is 0. The van der Waals surface area contributed by atoms with Crippen molar-refractivity contribution < 1.29 is 22.8 Å². The first-order valence-electron chi connectivity index (χ1n) is 10.5. The van der Waals surface area contributed by atoms with Crippen molar-refractivity contribution in [1.29, 1.82) is 0 Å². The van der Waals surface area contributed by atoms with Crippen LogP contribution in [0.2, 0.25) is 0 Å². The molecule has 0 spiro atoms. The zero-order valence-corrected chi connectivity index (χ0v) is 18.8. The summed E-state index contributed by atoms with van der Waals surface area (Å²) in [6, 6.07) is 12.4. The fraction of sp³-hybridized carbons (Fsp3) is 0.0800. The number of halogens is 3. The van der Waals surface area contributed by atoms with Crippen molar-refractivity contribution in [1.82, 2.24) is 10.3 Å². The highest BCUT2D eigenvalue weighted by Gasteiger charge is 2.30. The van der Waals surface area contributed by atoms with E-state index in [1.54, 1.807) is 30.5 Å². The summed E-state index contributed by atoms with van der Waals surface area (Å²) in [5.74, 6) is -1.01. The van der Waals surface area contributed by atoms with Crippen LogP contribution in [0, 0.1) is 0 Å². The van der Waals surface area contributed by atoms with Crippen molar-refractivity contribution in [2.75, 3.05) is 10.6 Å². The molecule has 0 aliphatic carbocycles. The number of hydrogen-bond acceptors (Lipinski definition) is 5. The van der Waals surface area contributed by atoms with Gasteiger partial charge in [-0.25, -0.2) is 0 Å². The van der Waals surface area contributed by atoms with Crippen LogP contribution in [0.3, 0.4) is 0 Å². The zero-order valence-electron chi connectivity index (χ0n) is 17.9. The Kier molecular flexibility index (Phi) is 5.73. The van der Waals surface area contributed by atoms with Gasteiger partial charge in [-0.2, -0.15) is 13.2 Å². The maximum absolute atomic E-state index is 12.9. The number of anilines is 2. The number of pyridine rings is 1. The Labute approximate surface area is 201 Å². The van der Waals surface area contributed by atoms with Gasteiger partial charge in [-0.05, 0) is 54.7 Å². The van der Waals surface area contributed by atoms with E-state index in [0.717, 1.165) is 33.5 Å². The molecule has 1 aliphatic heterocycles. The lowest BCUT2D eigenvalue weighted by Crippen LogP contribution is -2.14. The standard InChI is InChI=1S/C25H17F3N4O2S/c26-25(27,28)16-4-1-3-14(9-16)23(33)31-17-5-2-6-18(11-17)32-24(34)21-10-15-12-30-20-13-29-8-7-19(20)22(15)35-21/h1-12,29H,13H2,(H,31,33)(H,32,34). The molecule has 2 amide bonds. The van der Waals surface area contributed by atoms with Gasteiger partial charge in [0, 0.05) is 38.8 Å². The van der Waals surface area contributed by atoms with Gasteiger partial charge in [-0.1, -0.05) is 12.1 Å². The van der Waals surface area contributed by atoms with Crippen LogP contribution in [0.5, 0.6) is 0 Å². The minimum absolute atomic E-state index is 0.124. The average Bonchev–Trinajstić information content (AvgIpc) is 3.29. The van der Waals surface area contributed by atoms with Crippen LogP contribution in [0.4, 0.5) is 24.5 Å². The van der Waals surface area contributed by atoms with Crippen LogP contribution in [0.25, 0.3) is 16.2 Å². The highest BCUT2D eigenvalue weighted by molar-refractivity contribution is 7.21. The molecule has 0 fully saturated rings. The SMILES string of the molecule is O=C(Nc1cccc(NC(=O)c2cc3cnc4c(c3s2)C=CNC4)c1)c1cccc(C(F)(F)F)c1. The van der Waals surface area contributed by atoms with E-state index in [0.29, 0.717) is 22.8 Å². The third kappa shape index (κ3) is 4.73. The normalized spacial score (nSPS) is 12.7. The quantitative estimate of drug-likeness (QED) is 0.330. The number of fused-ring (bicyclic) bond motifs is 3. The molecule has 3 N–H and O–H groups in total. The number of benzene rings is 2. The number of rotatable bonds is 4. The maximum atomic E-state index is 12.9. The summed E-state index contributed by atoms with van der Waals surface area (Å²) in [4.78, 5) is 30.3. The monoisotopic (exact) mass is 494 g/mol. The number of nitrogens with zero attached hydrogens (tertiary/aromatic N) is 1. The molecule has 0 radical (unpaired) electrons. The molecule has 3 heterocycles. The Hall–Kier alpha value is -4.18. The summed E-state index contributed by atoms with van der Waals surface area (Å²) >= 11 is 1.36. The third-order valence-electron chi connectivity index (χ3n) is 5.37. The molecule has 2 aromatic carbocycles. The van der Waals surface area contributed by atoms with Crippen molar-refractivity contribution in [3.63, 3.8) is 0 Å². The first-order valence-corrected chi connectivity index (χ1v) is 11.3. The average molecular weight is 494 g/mol. The van der Waals surface area contributed by atoms with E-state index in [1.165, 1.54) is 29.5 Å². The second-order valence-corrected chi connectivity index (χ2v) is 8.85. The highest BCUT2D eigenvalue weighted by Crippen LogP contribution is 2.32. The van der Waals surface area contributed by atoms with E-state index in [2.05, 4.69) is 20.9 Å². The molecule has 0 saturated heterocycles. The Morgan fingerprint density at radius 3 is 2.49 bits per heavy atom. The van der Waals surface area contributed by atoms with Gasteiger partial charge in [0.05, 0.1) is 22.7 Å². The first-order chi connectivity index (χ1) is 16.8. The lowest BCUT2D eigenvalue weighted by molar-refractivity contribution is -0.137. The minimum atomic E-state index is -4.55. The molecule has 1 aliphatic rings. The second-order valence-electron chi connectivity index (χ2n) is 7.80. The lowest BCUT2D eigenvalue weighted by atomic mass is 10.1. The van der Waals surface area contributed by atoms with Crippen LogP contribution < -0.4 is 16.0 Å². The van der Waals surface area contributed by atoms with Crippen LogP contribution in [0.15, 0.2) is 67.0 Å². The van der Waals surface area contributed by atoms with Crippen LogP contribution in [-0.4, -0.2) is 16.8 Å². The van der Waals surface area contributed by atoms with E-state index in [1.807, 2.05) is 12.3 Å². The van der Waals surface area contributed by atoms with Crippen molar-refractivity contribution in [2.45, 2.75) is 12.7 Å². The van der Waals surface area contributed by atoms with E-state index in [-0.39, 0.29) is 11.5 Å². The van der Waals surface area contributed by atoms with Crippen LogP contribution in [0.1, 0.15) is 36.9 Å². The summed E-state index contributed by atoms with van der Waals surface area (Å²) < 4.78 is 39.8. The largest absolute Gasteiger partial charge is 0.416 e. The van der Waals surface area contributed by atoms with Gasteiger partial charge < -0.3 is 16.0 Å². The van der Waals surface area contributed by atoms with Gasteiger partial charge in [0.15, 0.2) is 0 Å². The molecule has 4 aromatic rings. The predicted molar refractivity (Wildman–Crippen MR) is 129 cm³/mol. The van der Waals surface area contributed by atoms with Crippen molar-refractivity contribution in [2.24, 2.45) is 0 Å². The van der Waals surface area contributed by atoms with Crippen molar-refractivity contribution in [3.05, 3.63) is 94.3 Å². The molecule has 176 valence electrons. The Balaban J connectivity index is 1.32. The van der Waals surface area contributed by atoms with Gasteiger partial charge >= 0.3 is 6.18 Å². The number of carbonyl (C=O) groups excluding carboxylic acids is 2. The number of nitrogens with one attached hydrogen (secondary N) is 3. The molecule has 0 bridgehead atoms. The minimum Gasteiger partial charge on any atom is -0.385 e. The van der Waals surface area contributed by atoms with Crippen LogP contribution in [-0.2, 0) is 12.7 Å². The van der Waals surface area contributed by atoms with E-state index in [9.17, 15) is 22.8 Å². The molecule has 0 atom stereocenters. The maximum Gasteiger partial charge on any atom is 0.416 e. The summed E-state index contributed by atoms with van der Waals surface area (Å²) in [6.45, 7) is 0.625. The van der Waals surface area contributed by atoms with E-state index in [4.69, 9.17) is 0 Å². The Bertz CT molecular complexity index is 1490. The molecule has 0 saturated carbocycles. The highest BCUT2D eigenvalue weighted by atomic mass is 32.1.